The number of hydrogen-bond donors (Lipinski definition) is 0. The fourth-order valence-corrected chi connectivity index (χ4v) is 3.03. The summed E-state index contributed by atoms with van der Waals surface area (Å²) in [5, 5.41) is 4.34. The number of anilines is 1. The van der Waals surface area contributed by atoms with E-state index in [1.807, 2.05) is 40.7 Å². The molecule has 3 rings (SSSR count). The van der Waals surface area contributed by atoms with Gasteiger partial charge in [0, 0.05) is 40.2 Å². The third kappa shape index (κ3) is 3.14. The third-order valence-corrected chi connectivity index (χ3v) is 4.29. The number of amides is 1. The Morgan fingerprint density at radius 3 is 3.04 bits per heavy atom. The van der Waals surface area contributed by atoms with Crippen molar-refractivity contribution >= 4 is 17.2 Å². The van der Waals surface area contributed by atoms with Crippen LogP contribution in [0.15, 0.2) is 18.5 Å². The van der Waals surface area contributed by atoms with Crippen LogP contribution in [0.2, 0.25) is 0 Å². The molecule has 0 radical (unpaired) electrons. The van der Waals surface area contributed by atoms with E-state index in [1.165, 1.54) is 0 Å². The molecular weight excluding hydrogens is 294 g/mol. The summed E-state index contributed by atoms with van der Waals surface area (Å²) in [5.41, 5.74) is 1.98. The Balaban J connectivity index is 1.80. The van der Waals surface area contributed by atoms with Crippen molar-refractivity contribution in [3.63, 3.8) is 0 Å². The highest BCUT2D eigenvalue weighted by Gasteiger charge is 2.28. The molecule has 2 aromatic heterocycles. The molecule has 1 aliphatic rings. The van der Waals surface area contributed by atoms with Crippen molar-refractivity contribution in [2.24, 2.45) is 0 Å². The minimum Gasteiger partial charge on any atom is -0.384 e. The molecule has 0 bridgehead atoms. The molecule has 1 atom stereocenters. The Labute approximate surface area is 135 Å². The highest BCUT2D eigenvalue weighted by Crippen LogP contribution is 2.28. The lowest BCUT2D eigenvalue weighted by Gasteiger charge is -2.18. The normalized spacial score (nSPS) is 17.9. The Morgan fingerprint density at radius 2 is 2.30 bits per heavy atom. The highest BCUT2D eigenvalue weighted by molar-refractivity contribution is 5.76. The van der Waals surface area contributed by atoms with Gasteiger partial charge in [-0.2, -0.15) is 5.10 Å². The summed E-state index contributed by atoms with van der Waals surface area (Å²) >= 11 is 0. The van der Waals surface area contributed by atoms with Gasteiger partial charge in [0.2, 0.25) is 5.91 Å². The number of ether oxygens (including phenoxy) is 1. The van der Waals surface area contributed by atoms with E-state index >= 15 is 0 Å². The zero-order valence-corrected chi connectivity index (χ0v) is 13.9. The predicted molar refractivity (Wildman–Crippen MR) is 87.7 cm³/mol. The number of nitrogens with zero attached hydrogens (tertiary/aromatic N) is 5. The molecular formula is C16H23N5O2. The maximum Gasteiger partial charge on any atom is 0.224 e. The van der Waals surface area contributed by atoms with E-state index in [0.717, 1.165) is 36.5 Å². The van der Waals surface area contributed by atoms with Crippen molar-refractivity contribution in [3.8, 4) is 0 Å². The Kier molecular flexibility index (Phi) is 4.47. The fraction of sp³-hybridized carbons (Fsp3) is 0.562. The number of carbonyl (C=O) groups is 1. The standard InChI is InChI=1S/C16H23N5O2/c1-19(2)16-14-4-7-17-21(14)11-13(18-16)12-5-8-20(10-12)15(22)6-9-23-3/h4,7,11-12H,5-6,8-10H2,1-3H3. The van der Waals surface area contributed by atoms with E-state index in [0.29, 0.717) is 13.0 Å². The molecule has 0 saturated carbocycles. The van der Waals surface area contributed by atoms with E-state index in [-0.39, 0.29) is 11.8 Å². The molecule has 0 aromatic carbocycles. The molecule has 124 valence electrons. The minimum absolute atomic E-state index is 0.155. The van der Waals surface area contributed by atoms with Crippen molar-refractivity contribution in [3.05, 3.63) is 24.2 Å². The molecule has 1 amide bonds. The fourth-order valence-electron chi connectivity index (χ4n) is 3.03. The third-order valence-electron chi connectivity index (χ3n) is 4.29. The molecule has 1 fully saturated rings. The molecule has 7 heteroatoms. The van der Waals surface area contributed by atoms with Gasteiger partial charge in [0.25, 0.3) is 0 Å². The Bertz CT molecular complexity index is 697. The molecule has 2 aromatic rings. The molecule has 23 heavy (non-hydrogen) atoms. The number of carbonyl (C=O) groups excluding carboxylic acids is 1. The van der Waals surface area contributed by atoms with Crippen LogP contribution >= 0.6 is 0 Å². The number of rotatable bonds is 5. The van der Waals surface area contributed by atoms with Crippen LogP contribution in [0.1, 0.15) is 24.5 Å². The van der Waals surface area contributed by atoms with Crippen molar-refractivity contribution in [1.82, 2.24) is 19.5 Å². The SMILES string of the molecule is COCCC(=O)N1CCC(c2cn3nccc3c(N(C)C)n2)C1. The van der Waals surface area contributed by atoms with Crippen molar-refractivity contribution in [2.75, 3.05) is 45.8 Å². The number of methoxy groups -OCH3 is 1. The number of likely N-dealkylation sites (tertiary alicyclic amines) is 1. The largest absolute Gasteiger partial charge is 0.384 e. The maximum atomic E-state index is 12.1. The van der Waals surface area contributed by atoms with E-state index in [1.54, 1.807) is 13.3 Å². The van der Waals surface area contributed by atoms with Gasteiger partial charge in [0.15, 0.2) is 5.82 Å². The summed E-state index contributed by atoms with van der Waals surface area (Å²) in [6, 6.07) is 1.96. The molecule has 1 aliphatic heterocycles. The highest BCUT2D eigenvalue weighted by atomic mass is 16.5. The molecule has 0 spiro atoms. The number of fused-ring (bicyclic) bond motifs is 1. The van der Waals surface area contributed by atoms with Crippen LogP contribution in [0.4, 0.5) is 5.82 Å². The Hall–Kier alpha value is -2.15. The van der Waals surface area contributed by atoms with Crippen LogP contribution in [0.3, 0.4) is 0 Å². The first kappa shape index (κ1) is 15.7. The van der Waals surface area contributed by atoms with Crippen molar-refractivity contribution in [2.45, 2.75) is 18.8 Å². The van der Waals surface area contributed by atoms with Gasteiger partial charge in [-0.1, -0.05) is 0 Å². The summed E-state index contributed by atoms with van der Waals surface area (Å²) in [6.07, 6.45) is 5.14. The first-order valence-corrected chi connectivity index (χ1v) is 7.88. The summed E-state index contributed by atoms with van der Waals surface area (Å²) in [7, 11) is 5.58. The van der Waals surface area contributed by atoms with E-state index < -0.39 is 0 Å². The maximum absolute atomic E-state index is 12.1. The van der Waals surface area contributed by atoms with Crippen LogP contribution in [0, 0.1) is 0 Å². The topological polar surface area (TPSA) is 63.0 Å². The average molecular weight is 317 g/mol. The van der Waals surface area contributed by atoms with Crippen molar-refractivity contribution < 1.29 is 9.53 Å². The van der Waals surface area contributed by atoms with Crippen molar-refractivity contribution in [1.29, 1.82) is 0 Å². The minimum atomic E-state index is 0.155. The van der Waals surface area contributed by atoms with Crippen LogP contribution in [0.25, 0.3) is 5.52 Å². The van der Waals surface area contributed by atoms with Gasteiger partial charge in [0.1, 0.15) is 5.52 Å². The van der Waals surface area contributed by atoms with Gasteiger partial charge in [-0.05, 0) is 12.5 Å². The van der Waals surface area contributed by atoms with Crippen LogP contribution in [-0.2, 0) is 9.53 Å². The zero-order chi connectivity index (χ0) is 16.4. The van der Waals surface area contributed by atoms with Gasteiger partial charge in [-0.25, -0.2) is 9.50 Å². The van der Waals surface area contributed by atoms with Gasteiger partial charge in [-0.3, -0.25) is 4.79 Å². The quantitative estimate of drug-likeness (QED) is 0.828. The lowest BCUT2D eigenvalue weighted by molar-refractivity contribution is -0.131. The van der Waals surface area contributed by atoms with Gasteiger partial charge >= 0.3 is 0 Å². The Morgan fingerprint density at radius 1 is 1.48 bits per heavy atom. The average Bonchev–Trinajstić information content (AvgIpc) is 3.19. The van der Waals surface area contributed by atoms with Gasteiger partial charge < -0.3 is 14.5 Å². The summed E-state index contributed by atoms with van der Waals surface area (Å²) in [6.45, 7) is 1.97. The second-order valence-corrected chi connectivity index (χ2v) is 6.11. The van der Waals surface area contributed by atoms with Crippen LogP contribution < -0.4 is 4.90 Å². The second-order valence-electron chi connectivity index (χ2n) is 6.11. The van der Waals surface area contributed by atoms with Crippen LogP contribution in [-0.4, -0.2) is 66.3 Å². The zero-order valence-electron chi connectivity index (χ0n) is 13.9. The van der Waals surface area contributed by atoms with E-state index in [4.69, 9.17) is 9.72 Å². The first-order valence-electron chi connectivity index (χ1n) is 7.88. The summed E-state index contributed by atoms with van der Waals surface area (Å²) in [5.74, 6) is 1.32. The smallest absolute Gasteiger partial charge is 0.224 e. The summed E-state index contributed by atoms with van der Waals surface area (Å²) < 4.78 is 6.86. The molecule has 7 nitrogen and oxygen atoms in total. The number of aromatic nitrogens is 3. The summed E-state index contributed by atoms with van der Waals surface area (Å²) in [4.78, 5) is 20.8. The van der Waals surface area contributed by atoms with Gasteiger partial charge in [0.05, 0.1) is 31.1 Å². The van der Waals surface area contributed by atoms with E-state index in [2.05, 4.69) is 5.10 Å². The first-order chi connectivity index (χ1) is 11.1. The second kappa shape index (κ2) is 6.54. The molecule has 3 heterocycles. The van der Waals surface area contributed by atoms with Gasteiger partial charge in [-0.15, -0.1) is 0 Å². The number of hydrogen-bond acceptors (Lipinski definition) is 5. The molecule has 1 saturated heterocycles. The molecule has 0 aliphatic carbocycles. The molecule has 1 unspecified atom stereocenters. The predicted octanol–water partition coefficient (Wildman–Crippen LogP) is 1.15. The monoisotopic (exact) mass is 317 g/mol. The lowest BCUT2D eigenvalue weighted by atomic mass is 10.1. The van der Waals surface area contributed by atoms with E-state index in [9.17, 15) is 4.79 Å². The lowest BCUT2D eigenvalue weighted by Crippen LogP contribution is -2.29. The van der Waals surface area contributed by atoms with Crippen LogP contribution in [0.5, 0.6) is 0 Å². The molecule has 0 N–H and O–H groups in total.